The number of hydrogen-bond acceptors (Lipinski definition) is 7. The van der Waals surface area contributed by atoms with Crippen molar-refractivity contribution in [2.45, 2.75) is 57.0 Å². The van der Waals surface area contributed by atoms with E-state index >= 15 is 0 Å². The smallest absolute Gasteiger partial charge is 0.433 e. The van der Waals surface area contributed by atoms with Crippen LogP contribution in [0.15, 0.2) is 28.7 Å². The Morgan fingerprint density at radius 3 is 2.57 bits per heavy atom. The van der Waals surface area contributed by atoms with Crippen LogP contribution in [0.5, 0.6) is 5.75 Å². The van der Waals surface area contributed by atoms with Gasteiger partial charge in [-0.15, -0.1) is 0 Å². The Hall–Kier alpha value is -3.18. The van der Waals surface area contributed by atoms with Gasteiger partial charge in [-0.05, 0) is 44.0 Å². The molecular weight excluding hydrogens is 465 g/mol. The Kier molecular flexibility index (Phi) is 7.00. The molecule has 0 saturated heterocycles. The molecule has 8 nitrogen and oxygen atoms in total. The largest absolute Gasteiger partial charge is 0.494 e. The van der Waals surface area contributed by atoms with Gasteiger partial charge in [0, 0.05) is 18.1 Å². The lowest BCUT2D eigenvalue weighted by Gasteiger charge is -2.30. The van der Waals surface area contributed by atoms with E-state index in [0.717, 1.165) is 31.7 Å². The van der Waals surface area contributed by atoms with Gasteiger partial charge in [0.05, 0.1) is 25.3 Å². The third-order valence-corrected chi connectivity index (χ3v) is 6.16. The van der Waals surface area contributed by atoms with Gasteiger partial charge < -0.3 is 24.9 Å². The lowest BCUT2D eigenvalue weighted by Crippen LogP contribution is -2.46. The summed E-state index contributed by atoms with van der Waals surface area (Å²) in [4.78, 5) is 21.3. The molecule has 2 heterocycles. The molecule has 188 valence electrons. The third-order valence-electron chi connectivity index (χ3n) is 6.16. The summed E-state index contributed by atoms with van der Waals surface area (Å²) in [6, 6.07) is 4.41. The normalized spacial score (nSPS) is 19.5. The zero-order valence-corrected chi connectivity index (χ0v) is 19.6. The van der Waals surface area contributed by atoms with Gasteiger partial charge in [-0.1, -0.05) is 12.8 Å². The maximum Gasteiger partial charge on any atom is 0.433 e. The van der Waals surface area contributed by atoms with Crippen molar-refractivity contribution in [1.29, 1.82) is 0 Å². The van der Waals surface area contributed by atoms with Gasteiger partial charge in [0.1, 0.15) is 17.0 Å². The molecule has 3 atom stereocenters. The number of oxazole rings is 1. The molecule has 0 aliphatic heterocycles. The molecule has 0 spiro atoms. The predicted molar refractivity (Wildman–Crippen MR) is 122 cm³/mol. The van der Waals surface area contributed by atoms with E-state index in [-0.39, 0.29) is 40.8 Å². The fraction of sp³-hybridized carbons (Fsp3) is 0.458. The molecule has 35 heavy (non-hydrogen) atoms. The summed E-state index contributed by atoms with van der Waals surface area (Å²) in [5.74, 6) is -0.0686. The first kappa shape index (κ1) is 24.9. The highest BCUT2D eigenvalue weighted by Crippen LogP contribution is 2.37. The summed E-state index contributed by atoms with van der Waals surface area (Å²) >= 11 is 0. The van der Waals surface area contributed by atoms with Crippen LogP contribution in [0.25, 0.3) is 22.4 Å². The highest BCUT2D eigenvalue weighted by Gasteiger charge is 2.34. The van der Waals surface area contributed by atoms with Gasteiger partial charge in [-0.25, -0.2) is 9.97 Å². The second kappa shape index (κ2) is 9.82. The van der Waals surface area contributed by atoms with E-state index in [2.05, 4.69) is 15.3 Å². The highest BCUT2D eigenvalue weighted by atomic mass is 19.4. The number of hydrogen-bond donors (Lipinski definition) is 2. The van der Waals surface area contributed by atoms with Gasteiger partial charge in [0.2, 0.25) is 5.89 Å². The van der Waals surface area contributed by atoms with E-state index in [4.69, 9.17) is 19.6 Å². The molecule has 1 aliphatic carbocycles. The maximum atomic E-state index is 13.3. The van der Waals surface area contributed by atoms with E-state index < -0.39 is 23.8 Å². The molecule has 4 rings (SSSR count). The van der Waals surface area contributed by atoms with Crippen molar-refractivity contribution in [2.24, 2.45) is 5.73 Å². The van der Waals surface area contributed by atoms with Gasteiger partial charge >= 0.3 is 6.18 Å². The number of aromatic nitrogens is 2. The highest BCUT2D eigenvalue weighted by molar-refractivity contribution is 5.98. The molecule has 3 aromatic rings. The molecule has 2 aromatic heterocycles. The molecule has 1 amide bonds. The number of carbonyl (C=O) groups excluding carboxylic acids is 1. The molecule has 1 fully saturated rings. The third kappa shape index (κ3) is 4.96. The fourth-order valence-electron chi connectivity index (χ4n) is 4.40. The molecule has 1 aliphatic rings. The second-order valence-electron chi connectivity index (χ2n) is 8.56. The zero-order chi connectivity index (χ0) is 25.3. The Balaban J connectivity index is 1.76. The standard InChI is InChI=1S/C24H27F3N4O4/c1-12(28)21-20(22(32)29-15-6-4-5-7-16(15)33-2)31-23(35-21)14-8-10-17(34-3)19-13(14)9-11-18(30-19)24(25,26)27/h8-12,15-16H,4-7,28H2,1-3H3,(H,29,32)/t12-,15+,16+/m0/s1. The Morgan fingerprint density at radius 1 is 1.17 bits per heavy atom. The average Bonchev–Trinajstić information content (AvgIpc) is 3.28. The van der Waals surface area contributed by atoms with Crippen molar-refractivity contribution in [3.8, 4) is 17.2 Å². The Bertz CT molecular complexity index is 1230. The molecule has 3 N–H and O–H groups in total. The predicted octanol–water partition coefficient (Wildman–Crippen LogP) is 4.62. The number of benzene rings is 1. The summed E-state index contributed by atoms with van der Waals surface area (Å²) in [7, 11) is 2.96. The van der Waals surface area contributed by atoms with E-state index in [1.807, 2.05) is 0 Å². The molecule has 0 unspecified atom stereocenters. The van der Waals surface area contributed by atoms with Crippen LogP contribution < -0.4 is 15.8 Å². The first-order valence-electron chi connectivity index (χ1n) is 11.3. The van der Waals surface area contributed by atoms with Crippen molar-refractivity contribution < 1.29 is 31.9 Å². The summed E-state index contributed by atoms with van der Waals surface area (Å²) in [6.07, 6.45) is -1.10. The minimum atomic E-state index is -4.62. The molecule has 11 heteroatoms. The number of methoxy groups -OCH3 is 2. The van der Waals surface area contributed by atoms with Crippen LogP contribution >= 0.6 is 0 Å². The topological polar surface area (TPSA) is 112 Å². The van der Waals surface area contributed by atoms with Gasteiger partial charge in [0.25, 0.3) is 5.91 Å². The van der Waals surface area contributed by atoms with E-state index in [0.29, 0.717) is 10.9 Å². The summed E-state index contributed by atoms with van der Waals surface area (Å²) in [5, 5.41) is 3.30. The van der Waals surface area contributed by atoms with Crippen molar-refractivity contribution >= 4 is 16.8 Å². The van der Waals surface area contributed by atoms with Crippen LogP contribution in [-0.2, 0) is 10.9 Å². The first-order chi connectivity index (χ1) is 16.6. The first-order valence-corrected chi connectivity index (χ1v) is 11.3. The Labute approximate surface area is 200 Å². The number of ether oxygens (including phenoxy) is 2. The van der Waals surface area contributed by atoms with Crippen molar-refractivity contribution in [3.05, 3.63) is 41.4 Å². The van der Waals surface area contributed by atoms with Crippen LogP contribution in [0.3, 0.4) is 0 Å². The van der Waals surface area contributed by atoms with Crippen LogP contribution in [-0.4, -0.2) is 42.2 Å². The van der Waals surface area contributed by atoms with Crippen LogP contribution in [0.2, 0.25) is 0 Å². The quantitative estimate of drug-likeness (QED) is 0.516. The number of alkyl halides is 3. The summed E-state index contributed by atoms with van der Waals surface area (Å²) in [5.41, 5.74) is 5.39. The molecule has 1 aromatic carbocycles. The summed E-state index contributed by atoms with van der Waals surface area (Å²) in [6.45, 7) is 1.66. The lowest BCUT2D eigenvalue weighted by molar-refractivity contribution is -0.140. The number of carbonyl (C=O) groups is 1. The summed E-state index contributed by atoms with van der Waals surface area (Å²) < 4.78 is 56.4. The number of pyridine rings is 1. The fourth-order valence-corrected chi connectivity index (χ4v) is 4.40. The molecule has 1 saturated carbocycles. The SMILES string of the molecule is COc1ccc(-c2nc(C(=O)N[C@@H]3CCCC[C@H]3OC)c([C@H](C)N)o2)c2ccc(C(F)(F)F)nc12. The number of halogens is 3. The van der Waals surface area contributed by atoms with Gasteiger partial charge in [-0.2, -0.15) is 13.2 Å². The second-order valence-corrected chi connectivity index (χ2v) is 8.56. The number of rotatable bonds is 6. The minimum Gasteiger partial charge on any atom is -0.494 e. The van der Waals surface area contributed by atoms with Crippen LogP contribution in [0.4, 0.5) is 13.2 Å². The van der Waals surface area contributed by atoms with Gasteiger partial charge in [-0.3, -0.25) is 4.79 Å². The number of fused-ring (bicyclic) bond motifs is 1. The molecule has 0 bridgehead atoms. The zero-order valence-electron chi connectivity index (χ0n) is 19.6. The van der Waals surface area contributed by atoms with Crippen LogP contribution in [0.1, 0.15) is 60.6 Å². The van der Waals surface area contributed by atoms with Crippen molar-refractivity contribution in [1.82, 2.24) is 15.3 Å². The number of nitrogens with one attached hydrogen (secondary N) is 1. The average molecular weight is 492 g/mol. The van der Waals surface area contributed by atoms with E-state index in [1.165, 1.54) is 19.2 Å². The van der Waals surface area contributed by atoms with E-state index in [9.17, 15) is 18.0 Å². The number of nitrogens with zero attached hydrogens (tertiary/aromatic N) is 2. The van der Waals surface area contributed by atoms with Crippen molar-refractivity contribution in [3.63, 3.8) is 0 Å². The maximum absolute atomic E-state index is 13.3. The minimum absolute atomic E-state index is 0.00323. The monoisotopic (exact) mass is 492 g/mol. The van der Waals surface area contributed by atoms with Crippen LogP contribution in [0, 0.1) is 0 Å². The molecular formula is C24H27F3N4O4. The number of amides is 1. The van der Waals surface area contributed by atoms with Gasteiger partial charge in [0.15, 0.2) is 11.5 Å². The Morgan fingerprint density at radius 2 is 1.91 bits per heavy atom. The van der Waals surface area contributed by atoms with Crippen molar-refractivity contribution in [2.75, 3.05) is 14.2 Å². The molecule has 0 radical (unpaired) electrons. The lowest BCUT2D eigenvalue weighted by atomic mass is 9.92. The number of nitrogens with two attached hydrogens (primary N) is 1. The van der Waals surface area contributed by atoms with E-state index in [1.54, 1.807) is 20.1 Å².